The number of rotatable bonds is 3. The predicted molar refractivity (Wildman–Crippen MR) is 118 cm³/mol. The van der Waals surface area contributed by atoms with Gasteiger partial charge in [-0.3, -0.25) is 9.78 Å². The van der Waals surface area contributed by atoms with E-state index < -0.39 is 0 Å². The Kier molecular flexibility index (Phi) is 4.14. The fourth-order valence-electron chi connectivity index (χ4n) is 4.80. The van der Waals surface area contributed by atoms with Crippen molar-refractivity contribution in [2.75, 3.05) is 37.6 Å². The molecular formula is C24H24FN5O. The van der Waals surface area contributed by atoms with Gasteiger partial charge >= 0.3 is 0 Å². The number of H-pyrrole nitrogens is 1. The minimum absolute atomic E-state index is 0.0288. The Morgan fingerprint density at radius 1 is 1.03 bits per heavy atom. The van der Waals surface area contributed by atoms with Gasteiger partial charge in [0.2, 0.25) is 0 Å². The van der Waals surface area contributed by atoms with Gasteiger partial charge < -0.3 is 20.5 Å². The van der Waals surface area contributed by atoms with Crippen molar-refractivity contribution in [3.05, 3.63) is 59.7 Å². The number of halogens is 1. The number of nitrogens with zero attached hydrogens (tertiary/aromatic N) is 2. The van der Waals surface area contributed by atoms with Gasteiger partial charge in [-0.05, 0) is 49.2 Å². The molecule has 31 heavy (non-hydrogen) atoms. The normalized spacial score (nSPS) is 19.3. The van der Waals surface area contributed by atoms with E-state index in [1.54, 1.807) is 12.3 Å². The van der Waals surface area contributed by atoms with Crippen LogP contribution in [-0.4, -0.2) is 48.6 Å². The Bertz CT molecular complexity index is 1180. The quantitative estimate of drug-likeness (QED) is 0.613. The van der Waals surface area contributed by atoms with Crippen molar-refractivity contribution in [1.82, 2.24) is 20.6 Å². The summed E-state index contributed by atoms with van der Waals surface area (Å²) in [5.74, 6) is -0.304. The van der Waals surface area contributed by atoms with E-state index >= 15 is 4.39 Å². The van der Waals surface area contributed by atoms with Crippen LogP contribution in [0.25, 0.3) is 22.5 Å². The highest BCUT2D eigenvalue weighted by molar-refractivity contribution is 5.99. The number of benzene rings is 1. The predicted octanol–water partition coefficient (Wildman–Crippen LogP) is 3.07. The van der Waals surface area contributed by atoms with E-state index in [9.17, 15) is 4.79 Å². The number of hydrogen-bond acceptors (Lipinski definition) is 4. The number of fused-ring (bicyclic) bond motifs is 2. The number of hydrogen-bond donors (Lipinski definition) is 3. The summed E-state index contributed by atoms with van der Waals surface area (Å²) in [6.45, 7) is 4.27. The molecule has 7 heteroatoms. The summed E-state index contributed by atoms with van der Waals surface area (Å²) in [7, 11) is 0. The van der Waals surface area contributed by atoms with Gasteiger partial charge in [-0.2, -0.15) is 0 Å². The molecule has 158 valence electrons. The molecule has 6 nitrogen and oxygen atoms in total. The van der Waals surface area contributed by atoms with Crippen molar-refractivity contribution in [3.63, 3.8) is 0 Å². The molecule has 6 rings (SSSR count). The zero-order valence-electron chi connectivity index (χ0n) is 17.2. The second-order valence-corrected chi connectivity index (χ2v) is 8.77. The summed E-state index contributed by atoms with van der Waals surface area (Å²) in [5, 5.41) is 6.32. The lowest BCUT2D eigenvalue weighted by Gasteiger charge is -2.29. The number of nitrogens with one attached hydrogen (secondary N) is 3. The van der Waals surface area contributed by atoms with Crippen LogP contribution in [0.4, 0.5) is 10.1 Å². The van der Waals surface area contributed by atoms with Gasteiger partial charge in [0.25, 0.3) is 5.91 Å². The molecule has 0 atom stereocenters. The zero-order chi connectivity index (χ0) is 21.0. The first-order chi connectivity index (χ1) is 15.1. The van der Waals surface area contributed by atoms with Crippen molar-refractivity contribution < 1.29 is 9.18 Å². The van der Waals surface area contributed by atoms with Crippen LogP contribution in [0.2, 0.25) is 0 Å². The topological polar surface area (TPSA) is 73.0 Å². The van der Waals surface area contributed by atoms with Crippen molar-refractivity contribution in [2.45, 2.75) is 18.3 Å². The monoisotopic (exact) mass is 417 g/mol. The second kappa shape index (κ2) is 6.92. The molecule has 2 aromatic heterocycles. The van der Waals surface area contributed by atoms with Crippen LogP contribution in [0.5, 0.6) is 0 Å². The largest absolute Gasteiger partial charge is 0.369 e. The number of carbonyl (C=O) groups is 1. The molecule has 0 bridgehead atoms. The average molecular weight is 417 g/mol. The van der Waals surface area contributed by atoms with Crippen LogP contribution < -0.4 is 15.5 Å². The zero-order valence-corrected chi connectivity index (χ0v) is 17.2. The lowest BCUT2D eigenvalue weighted by molar-refractivity contribution is 0.0937. The summed E-state index contributed by atoms with van der Waals surface area (Å²) < 4.78 is 15.0. The molecule has 2 fully saturated rings. The minimum Gasteiger partial charge on any atom is -0.369 e. The molecule has 1 saturated heterocycles. The first kappa shape index (κ1) is 18.6. The van der Waals surface area contributed by atoms with E-state index in [-0.39, 0.29) is 17.1 Å². The molecule has 0 radical (unpaired) electrons. The molecule has 1 amide bonds. The standard InChI is InChI=1S/C24H24FN5O/c25-19-12-16(30-9-7-26-8-10-30)1-2-17(19)21-11-15(3-6-27-21)20-13-18-22(29-20)24(4-5-24)14-28-23(18)31/h1-3,6,11-13,26,29H,4-5,7-10,14H2,(H,28,31). The van der Waals surface area contributed by atoms with Gasteiger partial charge in [0.1, 0.15) is 5.82 Å². The van der Waals surface area contributed by atoms with E-state index in [0.717, 1.165) is 67.2 Å². The van der Waals surface area contributed by atoms with Gasteiger partial charge in [-0.15, -0.1) is 0 Å². The van der Waals surface area contributed by atoms with Crippen LogP contribution in [0.1, 0.15) is 28.9 Å². The summed E-state index contributed by atoms with van der Waals surface area (Å²) in [5.41, 5.74) is 5.57. The van der Waals surface area contributed by atoms with Gasteiger partial charge in [0.15, 0.2) is 0 Å². The van der Waals surface area contributed by atoms with E-state index in [1.807, 2.05) is 30.3 Å². The minimum atomic E-state index is -0.275. The third-order valence-corrected chi connectivity index (χ3v) is 6.82. The Morgan fingerprint density at radius 3 is 2.65 bits per heavy atom. The maximum Gasteiger partial charge on any atom is 0.253 e. The molecule has 1 spiro atoms. The van der Waals surface area contributed by atoms with Crippen LogP contribution in [-0.2, 0) is 5.41 Å². The molecule has 4 heterocycles. The van der Waals surface area contributed by atoms with E-state index in [1.165, 1.54) is 0 Å². The molecule has 1 aromatic carbocycles. The number of carbonyl (C=O) groups excluding carboxylic acids is 1. The lowest BCUT2D eigenvalue weighted by Crippen LogP contribution is -2.43. The first-order valence-corrected chi connectivity index (χ1v) is 10.9. The maximum atomic E-state index is 15.0. The lowest BCUT2D eigenvalue weighted by atomic mass is 9.95. The summed E-state index contributed by atoms with van der Waals surface area (Å²) >= 11 is 0. The second-order valence-electron chi connectivity index (χ2n) is 8.77. The van der Waals surface area contributed by atoms with Crippen LogP contribution in [0.15, 0.2) is 42.6 Å². The van der Waals surface area contributed by atoms with Crippen LogP contribution in [0, 0.1) is 5.82 Å². The Labute approximate surface area is 179 Å². The Hall–Kier alpha value is -3.19. The Morgan fingerprint density at radius 2 is 1.87 bits per heavy atom. The van der Waals surface area contributed by atoms with Gasteiger partial charge in [-0.1, -0.05) is 0 Å². The molecule has 1 aliphatic carbocycles. The number of piperazine rings is 1. The van der Waals surface area contributed by atoms with E-state index in [4.69, 9.17) is 0 Å². The number of anilines is 1. The molecule has 2 aliphatic heterocycles. The number of aromatic nitrogens is 2. The molecule has 3 N–H and O–H groups in total. The fraction of sp³-hybridized carbons (Fsp3) is 0.333. The van der Waals surface area contributed by atoms with Gasteiger partial charge in [0.05, 0.1) is 11.3 Å². The third kappa shape index (κ3) is 3.11. The first-order valence-electron chi connectivity index (χ1n) is 10.9. The van der Waals surface area contributed by atoms with E-state index in [2.05, 4.69) is 25.5 Å². The number of amides is 1. The van der Waals surface area contributed by atoms with Gasteiger partial charge in [-0.25, -0.2) is 4.39 Å². The SMILES string of the molecule is O=C1NCC2(CC2)c2[nH]c(-c3ccnc(-c4ccc(N5CCNCC5)cc4F)c3)cc21. The van der Waals surface area contributed by atoms with E-state index in [0.29, 0.717) is 17.8 Å². The fourth-order valence-corrected chi connectivity index (χ4v) is 4.80. The molecule has 1 saturated carbocycles. The summed E-state index contributed by atoms with van der Waals surface area (Å²) in [6, 6.07) is 11.1. The van der Waals surface area contributed by atoms with Crippen LogP contribution >= 0.6 is 0 Å². The molecule has 0 unspecified atom stereocenters. The highest BCUT2D eigenvalue weighted by Gasteiger charge is 2.50. The highest BCUT2D eigenvalue weighted by atomic mass is 19.1. The Balaban J connectivity index is 1.34. The number of pyridine rings is 1. The third-order valence-electron chi connectivity index (χ3n) is 6.82. The van der Waals surface area contributed by atoms with Crippen LogP contribution in [0.3, 0.4) is 0 Å². The molecule has 3 aliphatic rings. The maximum absolute atomic E-state index is 15.0. The van der Waals surface area contributed by atoms with Crippen molar-refractivity contribution >= 4 is 11.6 Å². The molecule has 3 aromatic rings. The smallest absolute Gasteiger partial charge is 0.253 e. The van der Waals surface area contributed by atoms with Crippen molar-refractivity contribution in [3.8, 4) is 22.5 Å². The van der Waals surface area contributed by atoms with Crippen molar-refractivity contribution in [1.29, 1.82) is 0 Å². The van der Waals surface area contributed by atoms with Crippen molar-refractivity contribution in [2.24, 2.45) is 0 Å². The summed E-state index contributed by atoms with van der Waals surface area (Å²) in [6.07, 6.45) is 3.88. The highest BCUT2D eigenvalue weighted by Crippen LogP contribution is 2.50. The summed E-state index contributed by atoms with van der Waals surface area (Å²) in [4.78, 5) is 22.4. The average Bonchev–Trinajstić information content (AvgIpc) is 3.43. The molecular weight excluding hydrogens is 393 g/mol. The number of aromatic amines is 1. The van der Waals surface area contributed by atoms with Gasteiger partial charge in [0, 0.05) is 72.5 Å².